The van der Waals surface area contributed by atoms with Crippen molar-refractivity contribution in [3.63, 3.8) is 0 Å². The molecule has 24 heavy (non-hydrogen) atoms. The number of ether oxygens (including phenoxy) is 1. The molecule has 2 aromatic rings. The summed E-state index contributed by atoms with van der Waals surface area (Å²) in [5.74, 6) is 1.50. The predicted octanol–water partition coefficient (Wildman–Crippen LogP) is 4.51. The molecule has 1 N–H and O–H groups in total. The number of carbonyl (C=O) groups excluding carboxylic acids is 1. The molecule has 0 radical (unpaired) electrons. The van der Waals surface area contributed by atoms with Crippen molar-refractivity contribution in [2.24, 2.45) is 0 Å². The minimum absolute atomic E-state index is 0.0294. The van der Waals surface area contributed by atoms with Gasteiger partial charge in [0.25, 0.3) is 0 Å². The van der Waals surface area contributed by atoms with Gasteiger partial charge in [0.2, 0.25) is 5.91 Å². The highest BCUT2D eigenvalue weighted by molar-refractivity contribution is 9.10. The summed E-state index contributed by atoms with van der Waals surface area (Å²) >= 11 is 3.40. The van der Waals surface area contributed by atoms with Gasteiger partial charge in [-0.25, -0.2) is 4.68 Å². The molecule has 1 aromatic heterocycles. The summed E-state index contributed by atoms with van der Waals surface area (Å²) in [6.07, 6.45) is 1.06. The molecule has 0 saturated carbocycles. The van der Waals surface area contributed by atoms with E-state index in [0.29, 0.717) is 19.4 Å². The summed E-state index contributed by atoms with van der Waals surface area (Å²) in [6, 6.07) is 9.56. The summed E-state index contributed by atoms with van der Waals surface area (Å²) in [4.78, 5) is 12.2. The van der Waals surface area contributed by atoms with Crippen molar-refractivity contribution in [2.45, 2.75) is 46.1 Å². The van der Waals surface area contributed by atoms with E-state index >= 15 is 0 Å². The number of nitrogens with zero attached hydrogens (tertiary/aromatic N) is 2. The van der Waals surface area contributed by atoms with E-state index in [1.54, 1.807) is 0 Å². The molecule has 0 unspecified atom stereocenters. The fourth-order valence-electron chi connectivity index (χ4n) is 2.28. The van der Waals surface area contributed by atoms with E-state index in [1.165, 1.54) is 0 Å². The van der Waals surface area contributed by atoms with Gasteiger partial charge in [-0.05, 0) is 52.3 Å². The van der Waals surface area contributed by atoms with Gasteiger partial charge in [-0.15, -0.1) is 0 Å². The summed E-state index contributed by atoms with van der Waals surface area (Å²) in [5.41, 5.74) is 0.707. The lowest BCUT2D eigenvalue weighted by molar-refractivity contribution is -0.116. The van der Waals surface area contributed by atoms with Crippen LogP contribution in [0.15, 0.2) is 34.8 Å². The summed E-state index contributed by atoms with van der Waals surface area (Å²) in [5, 5.41) is 7.40. The van der Waals surface area contributed by atoms with E-state index < -0.39 is 0 Å². The van der Waals surface area contributed by atoms with E-state index in [2.05, 4.69) is 47.1 Å². The number of amides is 1. The standard InChI is InChI=1S/C18H24BrN3O2/c1-13-11-16(22(21-13)18(2,3)4)20-17(23)9-6-10-24-15-8-5-7-14(19)12-15/h5,7-8,11-12H,6,9-10H2,1-4H3,(H,20,23). The maximum absolute atomic E-state index is 12.2. The second-order valence-electron chi connectivity index (χ2n) is 6.71. The number of aromatic nitrogens is 2. The van der Waals surface area contributed by atoms with Gasteiger partial charge in [0.05, 0.1) is 17.8 Å². The third kappa shape index (κ3) is 5.37. The van der Waals surface area contributed by atoms with E-state index in [-0.39, 0.29) is 11.4 Å². The molecular formula is C18H24BrN3O2. The van der Waals surface area contributed by atoms with E-state index in [0.717, 1.165) is 21.7 Å². The Kier molecular flexibility index (Phi) is 6.04. The van der Waals surface area contributed by atoms with Gasteiger partial charge >= 0.3 is 0 Å². The zero-order chi connectivity index (χ0) is 17.7. The molecule has 0 atom stereocenters. The molecule has 1 aromatic carbocycles. The van der Waals surface area contributed by atoms with Crippen LogP contribution in [0.2, 0.25) is 0 Å². The molecule has 130 valence electrons. The monoisotopic (exact) mass is 393 g/mol. The summed E-state index contributed by atoms with van der Waals surface area (Å²) in [7, 11) is 0. The van der Waals surface area contributed by atoms with Crippen LogP contribution in [-0.4, -0.2) is 22.3 Å². The quantitative estimate of drug-likeness (QED) is 0.734. The van der Waals surface area contributed by atoms with Crippen LogP contribution in [0.5, 0.6) is 5.75 Å². The molecule has 0 bridgehead atoms. The average molecular weight is 394 g/mol. The Morgan fingerprint density at radius 1 is 1.33 bits per heavy atom. The lowest BCUT2D eigenvalue weighted by Crippen LogP contribution is -2.26. The van der Waals surface area contributed by atoms with Crippen molar-refractivity contribution in [3.8, 4) is 5.75 Å². The Bertz CT molecular complexity index is 705. The van der Waals surface area contributed by atoms with Gasteiger partial charge in [-0.3, -0.25) is 4.79 Å². The normalized spacial score (nSPS) is 11.4. The molecule has 0 aliphatic rings. The van der Waals surface area contributed by atoms with Crippen molar-refractivity contribution in [1.29, 1.82) is 0 Å². The van der Waals surface area contributed by atoms with Gasteiger partial charge in [0, 0.05) is 17.0 Å². The molecule has 1 amide bonds. The van der Waals surface area contributed by atoms with Crippen LogP contribution in [0.25, 0.3) is 0 Å². The molecule has 0 aliphatic heterocycles. The number of halogens is 1. The van der Waals surface area contributed by atoms with Gasteiger partial charge in [0.15, 0.2) is 0 Å². The molecule has 2 rings (SSSR count). The smallest absolute Gasteiger partial charge is 0.225 e. The summed E-state index contributed by atoms with van der Waals surface area (Å²) < 4.78 is 8.46. The minimum atomic E-state index is -0.180. The SMILES string of the molecule is Cc1cc(NC(=O)CCCOc2cccc(Br)c2)n(C(C)(C)C)n1. The maximum Gasteiger partial charge on any atom is 0.225 e. The Labute approximate surface area is 151 Å². The second-order valence-corrected chi connectivity index (χ2v) is 7.63. The topological polar surface area (TPSA) is 56.1 Å². The lowest BCUT2D eigenvalue weighted by atomic mass is 10.1. The largest absolute Gasteiger partial charge is 0.494 e. The first-order chi connectivity index (χ1) is 11.3. The number of rotatable bonds is 6. The third-order valence-electron chi connectivity index (χ3n) is 3.35. The van der Waals surface area contributed by atoms with Crippen LogP contribution in [-0.2, 0) is 10.3 Å². The molecule has 0 aliphatic carbocycles. The fraction of sp³-hybridized carbons (Fsp3) is 0.444. The third-order valence-corrected chi connectivity index (χ3v) is 3.84. The minimum Gasteiger partial charge on any atom is -0.494 e. The zero-order valence-electron chi connectivity index (χ0n) is 14.6. The molecule has 1 heterocycles. The average Bonchev–Trinajstić information content (AvgIpc) is 2.84. The van der Waals surface area contributed by atoms with Crippen LogP contribution in [0.3, 0.4) is 0 Å². The van der Waals surface area contributed by atoms with Crippen LogP contribution in [0.4, 0.5) is 5.82 Å². The highest BCUT2D eigenvalue weighted by atomic mass is 79.9. The molecule has 0 fully saturated rings. The first-order valence-corrected chi connectivity index (χ1v) is 8.80. The number of hydrogen-bond acceptors (Lipinski definition) is 3. The molecule has 0 spiro atoms. The van der Waals surface area contributed by atoms with Gasteiger partial charge < -0.3 is 10.1 Å². The fourth-order valence-corrected chi connectivity index (χ4v) is 2.66. The second kappa shape index (κ2) is 7.83. The van der Waals surface area contributed by atoms with E-state index in [1.807, 2.05) is 41.9 Å². The Morgan fingerprint density at radius 3 is 2.75 bits per heavy atom. The Hall–Kier alpha value is -1.82. The number of carbonyl (C=O) groups is 1. The summed E-state index contributed by atoms with van der Waals surface area (Å²) in [6.45, 7) is 8.59. The highest BCUT2D eigenvalue weighted by Crippen LogP contribution is 2.21. The number of benzene rings is 1. The van der Waals surface area contributed by atoms with Crippen molar-refractivity contribution >= 4 is 27.7 Å². The van der Waals surface area contributed by atoms with E-state index in [4.69, 9.17) is 4.74 Å². The van der Waals surface area contributed by atoms with Gasteiger partial charge in [0.1, 0.15) is 11.6 Å². The van der Waals surface area contributed by atoms with Crippen LogP contribution >= 0.6 is 15.9 Å². The highest BCUT2D eigenvalue weighted by Gasteiger charge is 2.19. The molecule has 0 saturated heterocycles. The first kappa shape index (κ1) is 18.5. The van der Waals surface area contributed by atoms with Crippen molar-refractivity contribution in [3.05, 3.63) is 40.5 Å². The van der Waals surface area contributed by atoms with Crippen LogP contribution in [0, 0.1) is 6.92 Å². The predicted molar refractivity (Wildman–Crippen MR) is 99.5 cm³/mol. The van der Waals surface area contributed by atoms with Crippen molar-refractivity contribution in [2.75, 3.05) is 11.9 Å². The number of nitrogens with one attached hydrogen (secondary N) is 1. The maximum atomic E-state index is 12.2. The number of hydrogen-bond donors (Lipinski definition) is 1. The van der Waals surface area contributed by atoms with Crippen molar-refractivity contribution < 1.29 is 9.53 Å². The number of anilines is 1. The lowest BCUT2D eigenvalue weighted by Gasteiger charge is -2.22. The Morgan fingerprint density at radius 2 is 2.08 bits per heavy atom. The zero-order valence-corrected chi connectivity index (χ0v) is 16.2. The molecular weight excluding hydrogens is 370 g/mol. The molecule has 6 heteroatoms. The Balaban J connectivity index is 1.82. The van der Waals surface area contributed by atoms with Gasteiger partial charge in [-0.1, -0.05) is 22.0 Å². The number of aryl methyl sites for hydroxylation is 1. The van der Waals surface area contributed by atoms with Crippen molar-refractivity contribution in [1.82, 2.24) is 9.78 Å². The molecule has 5 nitrogen and oxygen atoms in total. The van der Waals surface area contributed by atoms with Crippen LogP contribution in [0.1, 0.15) is 39.3 Å². The van der Waals surface area contributed by atoms with E-state index in [9.17, 15) is 4.79 Å². The first-order valence-electron chi connectivity index (χ1n) is 8.01. The van der Waals surface area contributed by atoms with Gasteiger partial charge in [-0.2, -0.15) is 5.10 Å². The van der Waals surface area contributed by atoms with Crippen LogP contribution < -0.4 is 10.1 Å².